The summed E-state index contributed by atoms with van der Waals surface area (Å²) in [6, 6.07) is 18.8. The van der Waals surface area contributed by atoms with Crippen molar-refractivity contribution in [2.75, 3.05) is 37.9 Å². The summed E-state index contributed by atoms with van der Waals surface area (Å²) in [7, 11) is 0. The van der Waals surface area contributed by atoms with E-state index in [-0.39, 0.29) is 0 Å². The number of rotatable bonds is 8. The Morgan fingerprint density at radius 1 is 0.586 bits per heavy atom. The summed E-state index contributed by atoms with van der Waals surface area (Å²) in [5.41, 5.74) is 13.1. The number of fused-ring (bicyclic) bond motifs is 2. The number of ether oxygens (including phenoxy) is 3. The quantitative estimate of drug-likeness (QED) is 0.444. The SMILES string of the molecule is Nc1ccc2c(OCCOCCOc3cccc4nc(N)ccc34)cccc2n1. The van der Waals surface area contributed by atoms with Crippen LogP contribution in [0.4, 0.5) is 11.6 Å². The number of anilines is 2. The average Bonchev–Trinajstić information content (AvgIpc) is 2.72. The van der Waals surface area contributed by atoms with Crippen molar-refractivity contribution in [2.45, 2.75) is 0 Å². The van der Waals surface area contributed by atoms with Gasteiger partial charge in [-0.05, 0) is 48.5 Å². The van der Waals surface area contributed by atoms with Crippen molar-refractivity contribution in [1.29, 1.82) is 0 Å². The van der Waals surface area contributed by atoms with E-state index in [0.29, 0.717) is 38.1 Å². The molecule has 0 saturated carbocycles. The van der Waals surface area contributed by atoms with Gasteiger partial charge in [-0.15, -0.1) is 0 Å². The molecule has 29 heavy (non-hydrogen) atoms. The minimum absolute atomic E-state index is 0.432. The Morgan fingerprint density at radius 3 is 1.55 bits per heavy atom. The molecule has 0 fully saturated rings. The molecule has 2 heterocycles. The van der Waals surface area contributed by atoms with Crippen LogP contribution >= 0.6 is 0 Å². The van der Waals surface area contributed by atoms with Crippen LogP contribution in [-0.4, -0.2) is 36.4 Å². The van der Waals surface area contributed by atoms with Crippen LogP contribution in [0.15, 0.2) is 60.7 Å². The summed E-state index contributed by atoms with van der Waals surface area (Å²) >= 11 is 0. The third kappa shape index (κ3) is 4.47. The summed E-state index contributed by atoms with van der Waals surface area (Å²) in [5.74, 6) is 2.50. The molecule has 7 heteroatoms. The van der Waals surface area contributed by atoms with E-state index in [2.05, 4.69) is 9.97 Å². The Bertz CT molecular complexity index is 1040. The molecule has 4 rings (SSSR count). The van der Waals surface area contributed by atoms with Gasteiger partial charge in [-0.2, -0.15) is 0 Å². The monoisotopic (exact) mass is 390 g/mol. The van der Waals surface area contributed by atoms with Crippen LogP contribution in [-0.2, 0) is 4.74 Å². The van der Waals surface area contributed by atoms with Gasteiger partial charge in [-0.25, -0.2) is 9.97 Å². The first-order valence-corrected chi connectivity index (χ1v) is 9.34. The summed E-state index contributed by atoms with van der Waals surface area (Å²) in [6.45, 7) is 1.77. The van der Waals surface area contributed by atoms with Crippen molar-refractivity contribution in [1.82, 2.24) is 9.97 Å². The molecule has 4 N–H and O–H groups in total. The highest BCUT2D eigenvalue weighted by molar-refractivity contribution is 5.86. The van der Waals surface area contributed by atoms with E-state index in [1.54, 1.807) is 12.1 Å². The van der Waals surface area contributed by atoms with Crippen molar-refractivity contribution in [3.05, 3.63) is 60.7 Å². The van der Waals surface area contributed by atoms with E-state index in [1.807, 2.05) is 48.5 Å². The third-order valence-corrected chi connectivity index (χ3v) is 4.40. The minimum atomic E-state index is 0.432. The maximum Gasteiger partial charge on any atom is 0.128 e. The molecule has 2 aromatic carbocycles. The molecule has 0 unspecified atom stereocenters. The van der Waals surface area contributed by atoms with Gasteiger partial charge in [0.15, 0.2) is 0 Å². The van der Waals surface area contributed by atoms with Gasteiger partial charge in [-0.1, -0.05) is 12.1 Å². The lowest BCUT2D eigenvalue weighted by Gasteiger charge is -2.11. The van der Waals surface area contributed by atoms with Gasteiger partial charge in [0.05, 0.1) is 24.2 Å². The molecule has 0 aliphatic carbocycles. The molecule has 0 saturated heterocycles. The molecule has 0 aliphatic rings. The van der Waals surface area contributed by atoms with Crippen molar-refractivity contribution < 1.29 is 14.2 Å². The Morgan fingerprint density at radius 2 is 1.07 bits per heavy atom. The fourth-order valence-corrected chi connectivity index (χ4v) is 3.06. The molecule has 148 valence electrons. The maximum atomic E-state index is 5.83. The van der Waals surface area contributed by atoms with Crippen LogP contribution < -0.4 is 20.9 Å². The number of benzene rings is 2. The van der Waals surface area contributed by atoms with Gasteiger partial charge in [0.25, 0.3) is 0 Å². The van der Waals surface area contributed by atoms with Gasteiger partial charge in [0, 0.05) is 10.8 Å². The zero-order valence-corrected chi connectivity index (χ0v) is 15.9. The first kappa shape index (κ1) is 18.8. The van der Waals surface area contributed by atoms with Crippen LogP contribution in [0.1, 0.15) is 0 Å². The molecule has 0 amide bonds. The first-order chi connectivity index (χ1) is 14.2. The molecule has 2 aromatic heterocycles. The predicted octanol–water partition coefficient (Wildman–Crippen LogP) is 3.42. The normalized spacial score (nSPS) is 11.0. The van der Waals surface area contributed by atoms with E-state index in [1.165, 1.54) is 0 Å². The number of nitrogen functional groups attached to an aromatic ring is 2. The second-order valence-electron chi connectivity index (χ2n) is 6.43. The van der Waals surface area contributed by atoms with Crippen LogP contribution in [0.25, 0.3) is 21.8 Å². The fraction of sp³-hybridized carbons (Fsp3) is 0.182. The Balaban J connectivity index is 1.23. The van der Waals surface area contributed by atoms with Crippen molar-refractivity contribution in [2.24, 2.45) is 0 Å². The van der Waals surface area contributed by atoms with Gasteiger partial charge in [0.1, 0.15) is 36.3 Å². The first-order valence-electron chi connectivity index (χ1n) is 9.34. The molecule has 0 bridgehead atoms. The summed E-state index contributed by atoms with van der Waals surface area (Å²) in [5, 5.41) is 1.85. The highest BCUT2D eigenvalue weighted by atomic mass is 16.5. The molecule has 0 atom stereocenters. The number of hydrogen-bond donors (Lipinski definition) is 2. The van der Waals surface area contributed by atoms with Crippen LogP contribution in [0.2, 0.25) is 0 Å². The van der Waals surface area contributed by atoms with Crippen LogP contribution in [0, 0.1) is 0 Å². The molecule has 7 nitrogen and oxygen atoms in total. The largest absolute Gasteiger partial charge is 0.490 e. The molecule has 0 spiro atoms. The third-order valence-electron chi connectivity index (χ3n) is 4.40. The second kappa shape index (κ2) is 8.62. The molecular formula is C22H22N4O3. The zero-order chi connectivity index (χ0) is 20.1. The highest BCUT2D eigenvalue weighted by Gasteiger charge is 2.05. The van der Waals surface area contributed by atoms with E-state index in [0.717, 1.165) is 33.3 Å². The second-order valence-corrected chi connectivity index (χ2v) is 6.43. The zero-order valence-electron chi connectivity index (χ0n) is 15.9. The summed E-state index contributed by atoms with van der Waals surface area (Å²) < 4.78 is 17.3. The van der Waals surface area contributed by atoms with Crippen molar-refractivity contribution in [3.8, 4) is 11.5 Å². The maximum absolute atomic E-state index is 5.83. The topological polar surface area (TPSA) is 106 Å². The average molecular weight is 390 g/mol. The van der Waals surface area contributed by atoms with Crippen LogP contribution in [0.3, 0.4) is 0 Å². The highest BCUT2D eigenvalue weighted by Crippen LogP contribution is 2.26. The smallest absolute Gasteiger partial charge is 0.128 e. The number of pyridine rings is 2. The number of nitrogens with two attached hydrogens (primary N) is 2. The standard InChI is InChI=1S/C22H22N4O3/c23-21-9-7-15-17(25-21)3-1-5-19(15)28-13-11-27-12-14-29-20-6-2-4-18-16(20)8-10-22(24)26-18/h1-10H,11-14H2,(H2,23,25)(H2,24,26). The number of nitrogens with zero attached hydrogens (tertiary/aromatic N) is 2. The molecule has 0 radical (unpaired) electrons. The summed E-state index contributed by atoms with van der Waals surface area (Å²) in [6.07, 6.45) is 0. The van der Waals surface area contributed by atoms with Crippen molar-refractivity contribution in [3.63, 3.8) is 0 Å². The lowest BCUT2D eigenvalue weighted by molar-refractivity contribution is 0.0771. The Kier molecular flexibility index (Phi) is 5.58. The minimum Gasteiger partial charge on any atom is -0.490 e. The molecule has 0 aliphatic heterocycles. The number of hydrogen-bond acceptors (Lipinski definition) is 7. The van der Waals surface area contributed by atoms with Gasteiger partial charge < -0.3 is 25.7 Å². The predicted molar refractivity (Wildman–Crippen MR) is 114 cm³/mol. The van der Waals surface area contributed by atoms with E-state index in [9.17, 15) is 0 Å². The van der Waals surface area contributed by atoms with Crippen molar-refractivity contribution >= 4 is 33.4 Å². The lowest BCUT2D eigenvalue weighted by Crippen LogP contribution is -2.12. The van der Waals surface area contributed by atoms with E-state index in [4.69, 9.17) is 25.7 Å². The van der Waals surface area contributed by atoms with Gasteiger partial charge in [-0.3, -0.25) is 0 Å². The summed E-state index contributed by atoms with van der Waals surface area (Å²) in [4.78, 5) is 8.60. The number of aromatic nitrogens is 2. The lowest BCUT2D eigenvalue weighted by atomic mass is 10.2. The van der Waals surface area contributed by atoms with Gasteiger partial charge >= 0.3 is 0 Å². The fourth-order valence-electron chi connectivity index (χ4n) is 3.06. The Labute approximate surface area is 168 Å². The molecule has 4 aromatic rings. The van der Waals surface area contributed by atoms with Crippen LogP contribution in [0.5, 0.6) is 11.5 Å². The van der Waals surface area contributed by atoms with E-state index < -0.39 is 0 Å². The van der Waals surface area contributed by atoms with E-state index >= 15 is 0 Å². The van der Waals surface area contributed by atoms with Gasteiger partial charge in [0.2, 0.25) is 0 Å². The Hall–Kier alpha value is -3.58. The molecular weight excluding hydrogens is 368 g/mol.